The Morgan fingerprint density at radius 1 is 1.20 bits per heavy atom. The molecule has 3 rings (SSSR count). The minimum atomic E-state index is -4.24. The van der Waals surface area contributed by atoms with Gasteiger partial charge in [0.1, 0.15) is 16.5 Å². The van der Waals surface area contributed by atoms with Crippen molar-refractivity contribution in [1.82, 2.24) is 0 Å². The normalized spacial score (nSPS) is 19.3. The highest BCUT2D eigenvalue weighted by molar-refractivity contribution is 7.92. The summed E-state index contributed by atoms with van der Waals surface area (Å²) in [5, 5.41) is 9.09. The minimum Gasteiger partial charge on any atom is -0.495 e. The Morgan fingerprint density at radius 2 is 1.90 bits per heavy atom. The lowest BCUT2D eigenvalue weighted by atomic mass is 9.78. The lowest BCUT2D eigenvalue weighted by Gasteiger charge is -2.28. The third-order valence-corrected chi connectivity index (χ3v) is 7.22. The molecule has 1 aliphatic carbocycles. The van der Waals surface area contributed by atoms with Gasteiger partial charge in [0.15, 0.2) is 0 Å². The van der Waals surface area contributed by atoms with Crippen molar-refractivity contribution in [2.24, 2.45) is 5.92 Å². The van der Waals surface area contributed by atoms with Gasteiger partial charge in [-0.25, -0.2) is 17.6 Å². The second-order valence-electron chi connectivity index (χ2n) is 7.61. The van der Waals surface area contributed by atoms with Gasteiger partial charge in [-0.3, -0.25) is 4.72 Å². The van der Waals surface area contributed by atoms with E-state index in [1.807, 2.05) is 0 Å². The molecule has 8 heteroatoms. The summed E-state index contributed by atoms with van der Waals surface area (Å²) in [5.74, 6) is -1.20. The van der Waals surface area contributed by atoms with Gasteiger partial charge in [0.2, 0.25) is 0 Å². The van der Waals surface area contributed by atoms with Crippen molar-refractivity contribution in [1.29, 1.82) is 0 Å². The smallest absolute Gasteiger partial charge is 0.335 e. The number of hydrogen-bond donors (Lipinski definition) is 2. The Hall–Kier alpha value is -2.61. The van der Waals surface area contributed by atoms with Crippen LogP contribution in [0.15, 0.2) is 41.3 Å². The minimum absolute atomic E-state index is 0.00679. The Kier molecular flexibility index (Phi) is 6.65. The van der Waals surface area contributed by atoms with Crippen LogP contribution in [-0.2, 0) is 10.0 Å². The van der Waals surface area contributed by atoms with Crippen molar-refractivity contribution in [2.75, 3.05) is 11.8 Å². The average Bonchev–Trinajstić information content (AvgIpc) is 2.73. The number of carbonyl (C=O) groups is 1. The fourth-order valence-electron chi connectivity index (χ4n) is 4.04. The first-order valence-electron chi connectivity index (χ1n) is 9.99. The largest absolute Gasteiger partial charge is 0.495 e. The maximum absolute atomic E-state index is 15.3. The second kappa shape index (κ2) is 9.04. The zero-order valence-electron chi connectivity index (χ0n) is 17.0. The highest BCUT2D eigenvalue weighted by Gasteiger charge is 2.28. The predicted octanol–water partition coefficient (Wildman–Crippen LogP) is 5.02. The highest BCUT2D eigenvalue weighted by Crippen LogP contribution is 2.39. The van der Waals surface area contributed by atoms with E-state index in [9.17, 15) is 13.2 Å². The van der Waals surface area contributed by atoms with E-state index >= 15 is 4.39 Å². The summed E-state index contributed by atoms with van der Waals surface area (Å²) in [6, 6.07) is 8.20. The van der Waals surface area contributed by atoms with Gasteiger partial charge < -0.3 is 9.84 Å². The van der Waals surface area contributed by atoms with Crippen LogP contribution in [0.4, 0.5) is 10.1 Å². The van der Waals surface area contributed by atoms with Gasteiger partial charge in [-0.2, -0.15) is 0 Å². The topological polar surface area (TPSA) is 92.7 Å². The number of benzene rings is 2. The average molecular weight is 436 g/mol. The molecular formula is C22H26FNO5S. The van der Waals surface area contributed by atoms with Gasteiger partial charge in [0.25, 0.3) is 10.0 Å². The predicted molar refractivity (Wildman–Crippen MR) is 112 cm³/mol. The fraction of sp³-hybridized carbons (Fsp3) is 0.409. The number of ether oxygens (including phenoxy) is 1. The molecule has 0 atom stereocenters. The van der Waals surface area contributed by atoms with Crippen LogP contribution >= 0.6 is 0 Å². The number of carboxylic acids is 1. The Morgan fingerprint density at radius 3 is 2.50 bits per heavy atom. The molecule has 30 heavy (non-hydrogen) atoms. The number of methoxy groups -OCH3 is 1. The maximum atomic E-state index is 15.3. The van der Waals surface area contributed by atoms with Crippen LogP contribution in [0.3, 0.4) is 0 Å². The number of rotatable bonds is 7. The number of halogens is 1. The molecule has 0 aliphatic heterocycles. The first-order valence-corrected chi connectivity index (χ1v) is 11.5. The van der Waals surface area contributed by atoms with Crippen molar-refractivity contribution < 1.29 is 27.4 Å². The van der Waals surface area contributed by atoms with Crippen LogP contribution in [-0.4, -0.2) is 26.6 Å². The van der Waals surface area contributed by atoms with E-state index in [2.05, 4.69) is 11.6 Å². The van der Waals surface area contributed by atoms with E-state index in [0.717, 1.165) is 32.1 Å². The third kappa shape index (κ3) is 4.59. The van der Waals surface area contributed by atoms with Crippen LogP contribution in [0.25, 0.3) is 0 Å². The summed E-state index contributed by atoms with van der Waals surface area (Å²) in [4.78, 5) is 10.7. The van der Waals surface area contributed by atoms with Gasteiger partial charge in [0, 0.05) is 0 Å². The molecule has 2 aromatic rings. The first-order chi connectivity index (χ1) is 14.3. The molecule has 1 fully saturated rings. The number of carboxylic acid groups (broad SMARTS) is 1. The van der Waals surface area contributed by atoms with Crippen molar-refractivity contribution in [2.45, 2.75) is 49.8 Å². The standard InChI is InChI=1S/C22H26FNO5S/c1-3-14-7-9-15(10-8-14)17-5-4-6-20(21(17)23)30(27,28)24-18-12-11-16(22(25)26)13-19(18)29-2/h4-6,11-15,24H,3,7-10H2,1-2H3,(H,25,26). The van der Waals surface area contributed by atoms with E-state index in [1.54, 1.807) is 12.1 Å². The Balaban J connectivity index is 1.89. The number of anilines is 1. The van der Waals surface area contributed by atoms with Crippen LogP contribution in [0, 0.1) is 11.7 Å². The molecule has 0 unspecified atom stereocenters. The zero-order chi connectivity index (χ0) is 21.9. The van der Waals surface area contributed by atoms with E-state index in [0.29, 0.717) is 11.5 Å². The molecule has 0 aromatic heterocycles. The molecule has 0 radical (unpaired) electrons. The lowest BCUT2D eigenvalue weighted by Crippen LogP contribution is -2.18. The number of hydrogen-bond acceptors (Lipinski definition) is 4. The van der Waals surface area contributed by atoms with Crippen LogP contribution in [0.1, 0.15) is 60.9 Å². The monoisotopic (exact) mass is 435 g/mol. The van der Waals surface area contributed by atoms with Gasteiger partial charge in [-0.05, 0) is 67.3 Å². The van der Waals surface area contributed by atoms with E-state index < -0.39 is 26.7 Å². The zero-order valence-corrected chi connectivity index (χ0v) is 17.8. The van der Waals surface area contributed by atoms with Crippen LogP contribution < -0.4 is 9.46 Å². The van der Waals surface area contributed by atoms with Gasteiger partial charge in [0.05, 0.1) is 18.4 Å². The molecule has 6 nitrogen and oxygen atoms in total. The third-order valence-electron chi connectivity index (χ3n) is 5.84. The van der Waals surface area contributed by atoms with Crippen LogP contribution in [0.5, 0.6) is 5.75 Å². The summed E-state index contributed by atoms with van der Waals surface area (Å²) in [6.45, 7) is 2.15. The Bertz CT molecular complexity index is 1030. The molecule has 0 saturated heterocycles. The summed E-state index contributed by atoms with van der Waals surface area (Å²) in [7, 11) is -2.94. The van der Waals surface area contributed by atoms with Gasteiger partial charge in [-0.15, -0.1) is 0 Å². The number of nitrogens with one attached hydrogen (secondary N) is 1. The molecule has 2 N–H and O–H groups in total. The first kappa shape index (κ1) is 22.1. The van der Waals surface area contributed by atoms with Crippen molar-refractivity contribution in [3.8, 4) is 5.75 Å². The van der Waals surface area contributed by atoms with Gasteiger partial charge in [-0.1, -0.05) is 25.5 Å². The quantitative estimate of drug-likeness (QED) is 0.637. The van der Waals surface area contributed by atoms with E-state index in [4.69, 9.17) is 9.84 Å². The molecule has 162 valence electrons. The van der Waals surface area contributed by atoms with Crippen molar-refractivity contribution in [3.63, 3.8) is 0 Å². The molecular weight excluding hydrogens is 409 g/mol. The summed E-state index contributed by atoms with van der Waals surface area (Å²) in [5.41, 5.74) is 0.419. The summed E-state index contributed by atoms with van der Waals surface area (Å²) < 4.78 is 48.5. The number of aromatic carboxylic acids is 1. The second-order valence-corrected chi connectivity index (χ2v) is 9.26. The molecule has 1 saturated carbocycles. The maximum Gasteiger partial charge on any atom is 0.335 e. The molecule has 0 amide bonds. The summed E-state index contributed by atoms with van der Waals surface area (Å²) >= 11 is 0. The molecule has 1 aliphatic rings. The van der Waals surface area contributed by atoms with Crippen molar-refractivity contribution >= 4 is 21.7 Å². The van der Waals surface area contributed by atoms with Crippen LogP contribution in [0.2, 0.25) is 0 Å². The van der Waals surface area contributed by atoms with Gasteiger partial charge >= 0.3 is 5.97 Å². The molecule has 0 spiro atoms. The molecule has 0 bridgehead atoms. The van der Waals surface area contributed by atoms with E-state index in [1.165, 1.54) is 31.4 Å². The SMILES string of the molecule is CCC1CCC(c2cccc(S(=O)(=O)Nc3ccc(C(=O)O)cc3OC)c2F)CC1. The summed E-state index contributed by atoms with van der Waals surface area (Å²) in [6.07, 6.45) is 4.83. The molecule has 0 heterocycles. The van der Waals surface area contributed by atoms with Crippen molar-refractivity contribution in [3.05, 3.63) is 53.3 Å². The Labute approximate surface area is 176 Å². The fourth-order valence-corrected chi connectivity index (χ4v) is 5.22. The lowest BCUT2D eigenvalue weighted by molar-refractivity contribution is 0.0696. The highest BCUT2D eigenvalue weighted by atomic mass is 32.2. The molecule has 2 aromatic carbocycles. The van der Waals surface area contributed by atoms with E-state index in [-0.39, 0.29) is 22.9 Å². The number of sulfonamides is 1.